The van der Waals surface area contributed by atoms with Gasteiger partial charge in [-0.2, -0.15) is 0 Å². The molecule has 3 aromatic rings. The predicted octanol–water partition coefficient (Wildman–Crippen LogP) is 3.82. The third kappa shape index (κ3) is 2.60. The zero-order valence-corrected chi connectivity index (χ0v) is 11.3. The second-order valence-electron chi connectivity index (χ2n) is 4.26. The van der Waals surface area contributed by atoms with Crippen molar-refractivity contribution < 1.29 is 4.92 Å². The molecule has 0 saturated heterocycles. The van der Waals surface area contributed by atoms with Crippen LogP contribution in [0.25, 0.3) is 10.2 Å². The summed E-state index contributed by atoms with van der Waals surface area (Å²) in [6.45, 7) is 0.595. The van der Waals surface area contributed by atoms with Crippen LogP contribution >= 0.6 is 11.3 Å². The van der Waals surface area contributed by atoms with Gasteiger partial charge in [-0.3, -0.25) is 10.1 Å². The fraction of sp³-hybridized carbons (Fsp3) is 0.0714. The van der Waals surface area contributed by atoms with Gasteiger partial charge >= 0.3 is 0 Å². The van der Waals surface area contributed by atoms with Gasteiger partial charge in [-0.05, 0) is 17.7 Å². The van der Waals surface area contributed by atoms with E-state index in [1.165, 1.54) is 12.1 Å². The first-order valence-electron chi connectivity index (χ1n) is 6.05. The molecule has 0 atom stereocenters. The molecular formula is C14H11N3O2S. The summed E-state index contributed by atoms with van der Waals surface area (Å²) in [5, 5.41) is 14.7. The zero-order valence-electron chi connectivity index (χ0n) is 10.4. The molecule has 0 aliphatic carbocycles. The minimum Gasteiger partial charge on any atom is -0.357 e. The van der Waals surface area contributed by atoms with Crippen molar-refractivity contribution in [2.45, 2.75) is 6.54 Å². The van der Waals surface area contributed by atoms with Crippen LogP contribution in [0.3, 0.4) is 0 Å². The zero-order chi connectivity index (χ0) is 13.9. The Balaban J connectivity index is 1.71. The maximum absolute atomic E-state index is 10.6. The number of nitrogens with zero attached hydrogens (tertiary/aromatic N) is 2. The molecule has 1 N–H and O–H groups in total. The second-order valence-corrected chi connectivity index (χ2v) is 5.29. The summed E-state index contributed by atoms with van der Waals surface area (Å²) in [6, 6.07) is 14.5. The minimum atomic E-state index is -0.398. The number of hydrogen-bond acceptors (Lipinski definition) is 5. The first-order chi connectivity index (χ1) is 9.72. The Labute approximate surface area is 119 Å². The first kappa shape index (κ1) is 12.6. The van der Waals surface area contributed by atoms with Crippen molar-refractivity contribution in [3.05, 3.63) is 64.2 Å². The molecule has 0 radical (unpaired) electrons. The highest BCUT2D eigenvalue weighted by Gasteiger charge is 2.05. The summed E-state index contributed by atoms with van der Waals surface area (Å²) in [5.74, 6) is 0. The summed E-state index contributed by atoms with van der Waals surface area (Å²) >= 11 is 1.59. The number of benzene rings is 2. The molecule has 2 aromatic carbocycles. The highest BCUT2D eigenvalue weighted by atomic mass is 32.1. The van der Waals surface area contributed by atoms with Crippen molar-refractivity contribution in [2.75, 3.05) is 5.32 Å². The number of para-hydroxylation sites is 1. The van der Waals surface area contributed by atoms with Gasteiger partial charge in [-0.25, -0.2) is 4.98 Å². The van der Waals surface area contributed by atoms with Gasteiger partial charge in [0.2, 0.25) is 0 Å². The number of rotatable bonds is 4. The van der Waals surface area contributed by atoms with Crippen LogP contribution in [0.2, 0.25) is 0 Å². The molecule has 1 heterocycles. The molecule has 0 spiro atoms. The van der Waals surface area contributed by atoms with E-state index in [0.29, 0.717) is 6.54 Å². The van der Waals surface area contributed by atoms with Crippen LogP contribution in [0.5, 0.6) is 0 Å². The summed E-state index contributed by atoms with van der Waals surface area (Å²) in [6.07, 6.45) is 0. The lowest BCUT2D eigenvalue weighted by Crippen LogP contribution is -1.98. The number of anilines is 1. The summed E-state index contributed by atoms with van der Waals surface area (Å²) in [5.41, 5.74) is 2.06. The van der Waals surface area contributed by atoms with E-state index in [4.69, 9.17) is 0 Å². The molecule has 20 heavy (non-hydrogen) atoms. The maximum atomic E-state index is 10.6. The smallest absolute Gasteiger partial charge is 0.269 e. The number of nitrogens with one attached hydrogen (secondary N) is 1. The van der Waals surface area contributed by atoms with Gasteiger partial charge in [0.25, 0.3) is 5.69 Å². The standard InChI is InChI=1S/C14H11N3O2S/c18-17(19)11-7-5-10(6-8-11)9-15-14-16-12-3-1-2-4-13(12)20-14/h1-8H,9H2,(H,15,16). The van der Waals surface area contributed by atoms with Crippen LogP contribution in [0.15, 0.2) is 48.5 Å². The normalized spacial score (nSPS) is 10.6. The minimum absolute atomic E-state index is 0.105. The molecule has 0 aliphatic rings. The van der Waals surface area contributed by atoms with E-state index in [1.54, 1.807) is 23.5 Å². The lowest BCUT2D eigenvalue weighted by atomic mass is 10.2. The van der Waals surface area contributed by atoms with Gasteiger partial charge in [-0.15, -0.1) is 0 Å². The highest BCUT2D eigenvalue weighted by Crippen LogP contribution is 2.25. The van der Waals surface area contributed by atoms with Crippen molar-refractivity contribution in [1.29, 1.82) is 0 Å². The van der Waals surface area contributed by atoms with Crippen LogP contribution < -0.4 is 5.32 Å². The largest absolute Gasteiger partial charge is 0.357 e. The van der Waals surface area contributed by atoms with Crippen LogP contribution in [-0.2, 0) is 6.54 Å². The Morgan fingerprint density at radius 3 is 2.60 bits per heavy atom. The summed E-state index contributed by atoms with van der Waals surface area (Å²) in [7, 11) is 0. The number of hydrogen-bond donors (Lipinski definition) is 1. The molecule has 6 heteroatoms. The molecular weight excluding hydrogens is 274 g/mol. The number of non-ortho nitro benzene ring substituents is 1. The van der Waals surface area contributed by atoms with Crippen LogP contribution in [0.4, 0.5) is 10.8 Å². The van der Waals surface area contributed by atoms with Crippen molar-refractivity contribution in [3.8, 4) is 0 Å². The molecule has 0 aliphatic heterocycles. The lowest BCUT2D eigenvalue weighted by Gasteiger charge is -2.02. The van der Waals surface area contributed by atoms with E-state index < -0.39 is 4.92 Å². The third-order valence-electron chi connectivity index (χ3n) is 2.88. The van der Waals surface area contributed by atoms with Gasteiger partial charge in [0.1, 0.15) is 0 Å². The first-order valence-corrected chi connectivity index (χ1v) is 6.87. The van der Waals surface area contributed by atoms with Crippen LogP contribution in [-0.4, -0.2) is 9.91 Å². The Hall–Kier alpha value is -2.47. The van der Waals surface area contributed by atoms with Crippen LogP contribution in [0.1, 0.15) is 5.56 Å². The van der Waals surface area contributed by atoms with Gasteiger partial charge in [-0.1, -0.05) is 35.6 Å². The van der Waals surface area contributed by atoms with Crippen molar-refractivity contribution in [1.82, 2.24) is 4.98 Å². The van der Waals surface area contributed by atoms with Gasteiger partial charge in [0, 0.05) is 18.7 Å². The number of nitro benzene ring substituents is 1. The van der Waals surface area contributed by atoms with Crippen LogP contribution in [0, 0.1) is 10.1 Å². The van der Waals surface area contributed by atoms with E-state index >= 15 is 0 Å². The molecule has 0 saturated carbocycles. The molecule has 0 amide bonds. The van der Waals surface area contributed by atoms with Gasteiger partial charge < -0.3 is 5.32 Å². The van der Waals surface area contributed by atoms with E-state index in [-0.39, 0.29) is 5.69 Å². The van der Waals surface area contributed by atoms with E-state index in [2.05, 4.69) is 10.3 Å². The maximum Gasteiger partial charge on any atom is 0.269 e. The Kier molecular flexibility index (Phi) is 3.30. The molecule has 0 bridgehead atoms. The van der Waals surface area contributed by atoms with E-state index in [1.807, 2.05) is 24.3 Å². The monoisotopic (exact) mass is 285 g/mol. The topological polar surface area (TPSA) is 68.1 Å². The fourth-order valence-corrected chi connectivity index (χ4v) is 2.72. The molecule has 5 nitrogen and oxygen atoms in total. The number of nitro groups is 1. The number of fused-ring (bicyclic) bond motifs is 1. The van der Waals surface area contributed by atoms with Crippen molar-refractivity contribution in [3.63, 3.8) is 0 Å². The molecule has 0 fully saturated rings. The average Bonchev–Trinajstić information content (AvgIpc) is 2.88. The quantitative estimate of drug-likeness (QED) is 0.584. The Morgan fingerprint density at radius 2 is 1.90 bits per heavy atom. The SMILES string of the molecule is O=[N+]([O-])c1ccc(CNc2nc3ccccc3s2)cc1. The summed E-state index contributed by atoms with van der Waals surface area (Å²) < 4.78 is 1.14. The Bertz CT molecular complexity index is 719. The Morgan fingerprint density at radius 1 is 1.15 bits per heavy atom. The van der Waals surface area contributed by atoms with Crippen molar-refractivity contribution in [2.24, 2.45) is 0 Å². The van der Waals surface area contributed by atoms with Crippen molar-refractivity contribution >= 4 is 32.4 Å². The van der Waals surface area contributed by atoms with Gasteiger partial charge in [0.15, 0.2) is 5.13 Å². The number of aromatic nitrogens is 1. The predicted molar refractivity (Wildman–Crippen MR) is 80.0 cm³/mol. The fourth-order valence-electron chi connectivity index (χ4n) is 1.86. The second kappa shape index (κ2) is 5.26. The highest BCUT2D eigenvalue weighted by molar-refractivity contribution is 7.22. The average molecular weight is 285 g/mol. The van der Waals surface area contributed by atoms with E-state index in [0.717, 1.165) is 20.9 Å². The molecule has 0 unspecified atom stereocenters. The molecule has 3 rings (SSSR count). The van der Waals surface area contributed by atoms with E-state index in [9.17, 15) is 10.1 Å². The molecule has 1 aromatic heterocycles. The van der Waals surface area contributed by atoms with Gasteiger partial charge in [0.05, 0.1) is 15.1 Å². The number of thiazole rings is 1. The lowest BCUT2D eigenvalue weighted by molar-refractivity contribution is -0.384. The summed E-state index contributed by atoms with van der Waals surface area (Å²) in [4.78, 5) is 14.6. The molecule has 100 valence electrons. The third-order valence-corrected chi connectivity index (χ3v) is 3.88.